The summed E-state index contributed by atoms with van der Waals surface area (Å²) < 4.78 is 11.4. The zero-order chi connectivity index (χ0) is 17.6. The van der Waals surface area contributed by atoms with E-state index in [2.05, 4.69) is 24.5 Å². The fourth-order valence-corrected chi connectivity index (χ4v) is 2.84. The molecule has 1 aliphatic rings. The van der Waals surface area contributed by atoms with E-state index < -0.39 is 0 Å². The van der Waals surface area contributed by atoms with Crippen molar-refractivity contribution in [3.05, 3.63) is 54.1 Å². The van der Waals surface area contributed by atoms with E-state index in [1.54, 1.807) is 0 Å². The molecule has 0 fully saturated rings. The fraction of sp³-hybridized carbons (Fsp3) is 0.350. The molecular weight excluding hydrogens is 316 g/mol. The topological polar surface area (TPSA) is 59.6 Å². The van der Waals surface area contributed by atoms with Crippen molar-refractivity contribution in [3.63, 3.8) is 0 Å². The second kappa shape index (κ2) is 7.92. The van der Waals surface area contributed by atoms with Gasteiger partial charge in [0.15, 0.2) is 11.5 Å². The van der Waals surface area contributed by atoms with Crippen molar-refractivity contribution >= 4 is 11.7 Å². The van der Waals surface area contributed by atoms with Gasteiger partial charge in [-0.2, -0.15) is 0 Å². The quantitative estimate of drug-likeness (QED) is 0.869. The van der Waals surface area contributed by atoms with Crippen LogP contribution in [0.25, 0.3) is 0 Å². The summed E-state index contributed by atoms with van der Waals surface area (Å²) in [7, 11) is 0. The summed E-state index contributed by atoms with van der Waals surface area (Å²) in [6.07, 6.45) is 0.870. The molecular formula is C20H24N2O3. The van der Waals surface area contributed by atoms with Crippen LogP contribution in [0.1, 0.15) is 31.9 Å². The number of hydrogen-bond acceptors (Lipinski definition) is 3. The van der Waals surface area contributed by atoms with Crippen LogP contribution in [0.3, 0.4) is 0 Å². The Morgan fingerprint density at radius 1 is 1.00 bits per heavy atom. The number of rotatable bonds is 4. The minimum absolute atomic E-state index is 0.124. The minimum Gasteiger partial charge on any atom is -0.490 e. The molecule has 0 saturated heterocycles. The largest absolute Gasteiger partial charge is 0.490 e. The van der Waals surface area contributed by atoms with Crippen molar-refractivity contribution in [3.8, 4) is 11.5 Å². The fourth-order valence-electron chi connectivity index (χ4n) is 2.84. The number of nitrogens with one attached hydrogen (secondary N) is 2. The van der Waals surface area contributed by atoms with Crippen molar-refractivity contribution in [2.75, 3.05) is 18.5 Å². The van der Waals surface area contributed by atoms with Crippen LogP contribution in [0.2, 0.25) is 0 Å². The van der Waals surface area contributed by atoms with Gasteiger partial charge in [-0.3, -0.25) is 0 Å². The molecule has 2 N–H and O–H groups in total. The number of benzene rings is 2. The van der Waals surface area contributed by atoms with Crippen LogP contribution in [0.15, 0.2) is 48.5 Å². The average Bonchev–Trinajstić information content (AvgIpc) is 2.85. The Labute approximate surface area is 148 Å². The molecule has 1 atom stereocenters. The first-order chi connectivity index (χ1) is 12.1. The Hall–Kier alpha value is -2.69. The molecule has 0 saturated carbocycles. The summed E-state index contributed by atoms with van der Waals surface area (Å²) in [5.41, 5.74) is 1.77. The summed E-state index contributed by atoms with van der Waals surface area (Å²) in [5.74, 6) is 1.73. The van der Waals surface area contributed by atoms with E-state index in [-0.39, 0.29) is 18.0 Å². The number of amides is 2. The summed E-state index contributed by atoms with van der Waals surface area (Å²) in [6.45, 7) is 5.47. The van der Waals surface area contributed by atoms with Gasteiger partial charge in [0.2, 0.25) is 0 Å². The maximum Gasteiger partial charge on any atom is 0.319 e. The number of fused-ring (bicyclic) bond motifs is 1. The molecule has 132 valence electrons. The van der Waals surface area contributed by atoms with Crippen molar-refractivity contribution in [1.29, 1.82) is 0 Å². The molecule has 0 spiro atoms. The summed E-state index contributed by atoms with van der Waals surface area (Å²) in [6, 6.07) is 14.9. The van der Waals surface area contributed by atoms with E-state index in [1.165, 1.54) is 0 Å². The van der Waals surface area contributed by atoms with Gasteiger partial charge in [0.25, 0.3) is 0 Å². The zero-order valence-electron chi connectivity index (χ0n) is 14.6. The first kappa shape index (κ1) is 17.1. The van der Waals surface area contributed by atoms with Gasteiger partial charge in [-0.1, -0.05) is 38.1 Å². The number of ether oxygens (including phenoxy) is 2. The molecule has 3 rings (SSSR count). The number of para-hydroxylation sites is 1. The number of carbonyl (C=O) groups excluding carboxylic acids is 1. The van der Waals surface area contributed by atoms with Gasteiger partial charge >= 0.3 is 6.03 Å². The SMILES string of the molecule is CC(C)[C@@H](NC(=O)Nc1ccccc1)c1ccc2c(c1)OCCCO2. The third-order valence-corrected chi connectivity index (χ3v) is 4.12. The van der Waals surface area contributed by atoms with Gasteiger partial charge in [-0.15, -0.1) is 0 Å². The molecule has 0 aromatic heterocycles. The van der Waals surface area contributed by atoms with Gasteiger partial charge in [-0.25, -0.2) is 4.79 Å². The smallest absolute Gasteiger partial charge is 0.319 e. The Morgan fingerprint density at radius 3 is 2.44 bits per heavy atom. The number of anilines is 1. The maximum absolute atomic E-state index is 12.4. The van der Waals surface area contributed by atoms with Gasteiger partial charge < -0.3 is 20.1 Å². The summed E-state index contributed by atoms with van der Waals surface area (Å²) >= 11 is 0. The second-order valence-electron chi connectivity index (χ2n) is 6.44. The number of hydrogen-bond donors (Lipinski definition) is 2. The first-order valence-electron chi connectivity index (χ1n) is 8.65. The van der Waals surface area contributed by atoms with Crippen LogP contribution in [0, 0.1) is 5.92 Å². The van der Waals surface area contributed by atoms with Crippen LogP contribution in [-0.2, 0) is 0 Å². The van der Waals surface area contributed by atoms with Crippen LogP contribution >= 0.6 is 0 Å². The molecule has 5 nitrogen and oxygen atoms in total. The molecule has 0 unspecified atom stereocenters. The lowest BCUT2D eigenvalue weighted by Crippen LogP contribution is -2.35. The van der Waals surface area contributed by atoms with Gasteiger partial charge in [0.05, 0.1) is 19.3 Å². The lowest BCUT2D eigenvalue weighted by Gasteiger charge is -2.24. The average molecular weight is 340 g/mol. The molecule has 0 aliphatic carbocycles. The first-order valence-corrected chi connectivity index (χ1v) is 8.65. The number of urea groups is 1. The van der Waals surface area contributed by atoms with Crippen molar-refractivity contribution in [2.45, 2.75) is 26.3 Å². The van der Waals surface area contributed by atoms with E-state index in [1.807, 2.05) is 48.5 Å². The Balaban J connectivity index is 1.74. The van der Waals surface area contributed by atoms with Crippen LogP contribution in [0.4, 0.5) is 10.5 Å². The Morgan fingerprint density at radius 2 is 1.72 bits per heavy atom. The van der Waals surface area contributed by atoms with Crippen LogP contribution < -0.4 is 20.1 Å². The lowest BCUT2D eigenvalue weighted by molar-refractivity contribution is 0.244. The Bertz CT molecular complexity index is 716. The highest BCUT2D eigenvalue weighted by atomic mass is 16.5. The molecule has 2 amide bonds. The molecule has 1 heterocycles. The van der Waals surface area contributed by atoms with E-state index in [9.17, 15) is 4.79 Å². The van der Waals surface area contributed by atoms with E-state index in [4.69, 9.17) is 9.47 Å². The summed E-state index contributed by atoms with van der Waals surface area (Å²) in [5, 5.41) is 5.92. The molecule has 2 aromatic rings. The maximum atomic E-state index is 12.4. The predicted octanol–water partition coefficient (Wildman–Crippen LogP) is 4.37. The molecule has 0 bridgehead atoms. The van der Waals surface area contributed by atoms with E-state index in [0.29, 0.717) is 13.2 Å². The molecule has 25 heavy (non-hydrogen) atoms. The summed E-state index contributed by atoms with van der Waals surface area (Å²) in [4.78, 5) is 12.4. The van der Waals surface area contributed by atoms with Crippen molar-refractivity contribution in [2.24, 2.45) is 5.92 Å². The van der Waals surface area contributed by atoms with E-state index >= 15 is 0 Å². The normalized spacial score (nSPS) is 14.5. The minimum atomic E-state index is -0.225. The lowest BCUT2D eigenvalue weighted by atomic mass is 9.96. The highest BCUT2D eigenvalue weighted by molar-refractivity contribution is 5.89. The highest BCUT2D eigenvalue weighted by Crippen LogP contribution is 2.34. The molecule has 0 radical (unpaired) electrons. The molecule has 5 heteroatoms. The second-order valence-corrected chi connectivity index (χ2v) is 6.44. The van der Waals surface area contributed by atoms with E-state index in [0.717, 1.165) is 29.2 Å². The molecule has 2 aromatic carbocycles. The third kappa shape index (κ3) is 4.44. The highest BCUT2D eigenvalue weighted by Gasteiger charge is 2.21. The zero-order valence-corrected chi connectivity index (χ0v) is 14.6. The van der Waals surface area contributed by atoms with Crippen molar-refractivity contribution in [1.82, 2.24) is 5.32 Å². The van der Waals surface area contributed by atoms with Gasteiger partial charge in [0, 0.05) is 12.1 Å². The third-order valence-electron chi connectivity index (χ3n) is 4.12. The van der Waals surface area contributed by atoms with Gasteiger partial charge in [0.1, 0.15) is 0 Å². The molecule has 1 aliphatic heterocycles. The Kier molecular flexibility index (Phi) is 5.43. The van der Waals surface area contributed by atoms with Crippen LogP contribution in [0.5, 0.6) is 11.5 Å². The monoisotopic (exact) mass is 340 g/mol. The van der Waals surface area contributed by atoms with Gasteiger partial charge in [-0.05, 0) is 35.7 Å². The van der Waals surface area contributed by atoms with Crippen LogP contribution in [-0.4, -0.2) is 19.2 Å². The standard InChI is InChI=1S/C20H24N2O3/c1-14(2)19(22-20(23)21-16-7-4-3-5-8-16)15-9-10-17-18(13-15)25-12-6-11-24-17/h3-5,7-10,13-14,19H,6,11-12H2,1-2H3,(H2,21,22,23)/t19-/m1/s1. The van der Waals surface area contributed by atoms with Crippen molar-refractivity contribution < 1.29 is 14.3 Å². The predicted molar refractivity (Wildman–Crippen MR) is 98.2 cm³/mol. The number of carbonyl (C=O) groups is 1.